The topological polar surface area (TPSA) is 201 Å². The first-order valence-electron chi connectivity index (χ1n) is 14.4. The van der Waals surface area contributed by atoms with Gasteiger partial charge in [0.2, 0.25) is 11.8 Å². The van der Waals surface area contributed by atoms with Gasteiger partial charge in [-0.25, -0.2) is 4.79 Å². The Balaban J connectivity index is 1.50. The van der Waals surface area contributed by atoms with Gasteiger partial charge in [0.15, 0.2) is 6.29 Å². The monoisotopic (exact) mass is 596 g/mol. The molecule has 6 atom stereocenters. The lowest BCUT2D eigenvalue weighted by Gasteiger charge is -2.38. The van der Waals surface area contributed by atoms with E-state index in [1.165, 1.54) is 6.92 Å². The minimum absolute atomic E-state index is 0.0142. The zero-order chi connectivity index (χ0) is 30.9. The quantitative estimate of drug-likeness (QED) is 0.0973. The van der Waals surface area contributed by atoms with Crippen molar-refractivity contribution in [1.82, 2.24) is 10.6 Å². The summed E-state index contributed by atoms with van der Waals surface area (Å²) in [7, 11) is 0. The fourth-order valence-corrected chi connectivity index (χ4v) is 4.30. The zero-order valence-electron chi connectivity index (χ0n) is 24.0. The van der Waals surface area contributed by atoms with Crippen LogP contribution < -0.4 is 10.6 Å². The normalized spacial score (nSPS) is 22.6. The van der Waals surface area contributed by atoms with Crippen LogP contribution >= 0.6 is 0 Å². The van der Waals surface area contributed by atoms with E-state index in [1.807, 2.05) is 30.3 Å². The molecule has 0 bridgehead atoms. The summed E-state index contributed by atoms with van der Waals surface area (Å²) in [6, 6.07) is 8.33. The van der Waals surface area contributed by atoms with Crippen molar-refractivity contribution in [3.05, 3.63) is 35.9 Å². The van der Waals surface area contributed by atoms with Gasteiger partial charge in [-0.15, -0.1) is 0 Å². The number of carboxylic acids is 1. The molecule has 42 heavy (non-hydrogen) atoms. The highest BCUT2D eigenvalue weighted by Crippen LogP contribution is 2.21. The number of rotatable bonds is 19. The van der Waals surface area contributed by atoms with Crippen molar-refractivity contribution in [3.8, 4) is 0 Å². The lowest BCUT2D eigenvalue weighted by molar-refractivity contribution is -0.292. The summed E-state index contributed by atoms with van der Waals surface area (Å²) in [6.07, 6.45) is -2.64. The van der Waals surface area contributed by atoms with Crippen LogP contribution in [-0.4, -0.2) is 94.1 Å². The lowest BCUT2D eigenvalue weighted by atomic mass is 10.0. The Morgan fingerprint density at radius 1 is 0.881 bits per heavy atom. The number of ether oxygens (including phenoxy) is 3. The predicted molar refractivity (Wildman–Crippen MR) is 149 cm³/mol. The summed E-state index contributed by atoms with van der Waals surface area (Å²) < 4.78 is 15.9. The molecule has 13 nitrogen and oxygen atoms in total. The van der Waals surface area contributed by atoms with E-state index >= 15 is 0 Å². The van der Waals surface area contributed by atoms with Crippen LogP contribution in [0.2, 0.25) is 0 Å². The molecule has 1 aromatic rings. The number of unbranched alkanes of at least 4 members (excludes halogenated alkanes) is 3. The number of nitrogens with one attached hydrogen (secondary N) is 2. The molecule has 2 amide bonds. The van der Waals surface area contributed by atoms with Gasteiger partial charge in [0.05, 0.1) is 12.7 Å². The van der Waals surface area contributed by atoms with Crippen molar-refractivity contribution in [2.75, 3.05) is 13.2 Å². The van der Waals surface area contributed by atoms with Crippen LogP contribution in [0, 0.1) is 0 Å². The highest BCUT2D eigenvalue weighted by atomic mass is 16.7. The average molecular weight is 597 g/mol. The van der Waals surface area contributed by atoms with E-state index in [0.717, 1.165) is 5.56 Å². The Labute approximate surface area is 245 Å². The molecule has 0 spiro atoms. The molecule has 1 aromatic carbocycles. The standard InChI is InChI=1S/C29H44N2O11/c1-19-25(35)26(36)27(37)29(42-19)40-17-16-30-22(32)13-8-9-14-23(33)31-21(28(38)39)12-6-3-7-15-24(34)41-18-20-10-4-2-5-11-20/h2,4-5,10-11,19,21,25-27,29,35-37H,3,6-9,12-18H2,1H3,(H,30,32)(H,31,33)(H,38,39)/t19-,21?,25+,26+,27-,29+/m0/s1. The van der Waals surface area contributed by atoms with Crippen LogP contribution in [0.15, 0.2) is 30.3 Å². The van der Waals surface area contributed by atoms with Crippen LogP contribution in [0.5, 0.6) is 0 Å². The SMILES string of the molecule is C[C@@H]1O[C@@H](OCCNC(=O)CCCCC(=O)NC(CCCCCC(=O)OCc2ccccc2)C(=O)O)[C@@H](O)[C@H](O)[C@@H]1O. The number of aliphatic carboxylic acids is 1. The average Bonchev–Trinajstić information content (AvgIpc) is 2.97. The fraction of sp³-hybridized carbons (Fsp3) is 0.655. The molecule has 6 N–H and O–H groups in total. The third kappa shape index (κ3) is 13.3. The number of carbonyl (C=O) groups excluding carboxylic acids is 3. The third-order valence-electron chi connectivity index (χ3n) is 6.82. The number of amides is 2. The van der Waals surface area contributed by atoms with Crippen LogP contribution in [0.4, 0.5) is 0 Å². The number of esters is 1. The Morgan fingerprint density at radius 2 is 1.55 bits per heavy atom. The number of hydrogen-bond acceptors (Lipinski definition) is 10. The minimum Gasteiger partial charge on any atom is -0.480 e. The molecule has 236 valence electrons. The number of aliphatic hydroxyl groups excluding tert-OH is 3. The minimum atomic E-state index is -1.42. The third-order valence-corrected chi connectivity index (χ3v) is 6.82. The van der Waals surface area contributed by atoms with Crippen LogP contribution in [0.3, 0.4) is 0 Å². The Morgan fingerprint density at radius 3 is 2.24 bits per heavy atom. The first kappa shape index (κ1) is 35.1. The van der Waals surface area contributed by atoms with Gasteiger partial charge >= 0.3 is 11.9 Å². The molecule has 0 radical (unpaired) electrons. The van der Waals surface area contributed by atoms with Crippen molar-refractivity contribution in [1.29, 1.82) is 0 Å². The predicted octanol–water partition coefficient (Wildman–Crippen LogP) is 0.770. The Kier molecular flexibility index (Phi) is 16.0. The highest BCUT2D eigenvalue weighted by Gasteiger charge is 2.42. The lowest BCUT2D eigenvalue weighted by Crippen LogP contribution is -2.57. The van der Waals surface area contributed by atoms with E-state index in [0.29, 0.717) is 32.1 Å². The molecule has 0 aromatic heterocycles. The van der Waals surface area contributed by atoms with Gasteiger partial charge in [0, 0.05) is 25.8 Å². The second-order valence-electron chi connectivity index (χ2n) is 10.3. The van der Waals surface area contributed by atoms with Crippen molar-refractivity contribution in [2.24, 2.45) is 0 Å². The summed E-state index contributed by atoms with van der Waals surface area (Å²) in [5.41, 5.74) is 0.906. The van der Waals surface area contributed by atoms with E-state index in [-0.39, 0.29) is 57.3 Å². The first-order chi connectivity index (χ1) is 20.1. The fourth-order valence-electron chi connectivity index (χ4n) is 4.30. The number of benzene rings is 1. The summed E-state index contributed by atoms with van der Waals surface area (Å²) >= 11 is 0. The summed E-state index contributed by atoms with van der Waals surface area (Å²) in [6.45, 7) is 1.90. The molecule has 0 saturated carbocycles. The molecule has 13 heteroatoms. The molecule has 2 rings (SSSR count). The molecule has 1 saturated heterocycles. The molecule has 0 aliphatic carbocycles. The van der Waals surface area contributed by atoms with E-state index in [9.17, 15) is 39.6 Å². The number of aliphatic hydroxyl groups is 3. The van der Waals surface area contributed by atoms with E-state index in [4.69, 9.17) is 14.2 Å². The molecule has 1 aliphatic heterocycles. The Bertz CT molecular complexity index is 978. The van der Waals surface area contributed by atoms with Crippen LogP contribution in [0.25, 0.3) is 0 Å². The Hall–Kier alpha value is -3.10. The summed E-state index contributed by atoms with van der Waals surface area (Å²) in [4.78, 5) is 47.6. The van der Waals surface area contributed by atoms with E-state index < -0.39 is 48.6 Å². The van der Waals surface area contributed by atoms with Crippen LogP contribution in [0.1, 0.15) is 70.3 Å². The van der Waals surface area contributed by atoms with Gasteiger partial charge in [-0.3, -0.25) is 14.4 Å². The first-order valence-corrected chi connectivity index (χ1v) is 14.4. The molecule has 1 fully saturated rings. The van der Waals surface area contributed by atoms with E-state index in [1.54, 1.807) is 0 Å². The van der Waals surface area contributed by atoms with Gasteiger partial charge in [-0.1, -0.05) is 43.2 Å². The maximum Gasteiger partial charge on any atom is 0.326 e. The second kappa shape index (κ2) is 19.2. The number of hydrogen-bond donors (Lipinski definition) is 6. The van der Waals surface area contributed by atoms with E-state index in [2.05, 4.69) is 10.6 Å². The molecular weight excluding hydrogens is 552 g/mol. The van der Waals surface area contributed by atoms with Gasteiger partial charge in [0.1, 0.15) is 31.0 Å². The highest BCUT2D eigenvalue weighted by molar-refractivity contribution is 5.83. The molecule has 1 unspecified atom stereocenters. The van der Waals surface area contributed by atoms with Crippen LogP contribution in [-0.2, 0) is 40.0 Å². The van der Waals surface area contributed by atoms with Crippen molar-refractivity contribution in [2.45, 2.75) is 108 Å². The van der Waals surface area contributed by atoms with Crippen molar-refractivity contribution in [3.63, 3.8) is 0 Å². The molecule has 1 heterocycles. The van der Waals surface area contributed by atoms with Crippen molar-refractivity contribution < 1.29 is 53.8 Å². The van der Waals surface area contributed by atoms with Crippen molar-refractivity contribution >= 4 is 23.8 Å². The maximum atomic E-state index is 12.2. The second-order valence-corrected chi connectivity index (χ2v) is 10.3. The van der Waals surface area contributed by atoms with Gasteiger partial charge in [-0.2, -0.15) is 0 Å². The summed E-state index contributed by atoms with van der Waals surface area (Å²) in [5.74, 6) is -2.11. The molecule has 1 aliphatic rings. The van der Waals surface area contributed by atoms with Gasteiger partial charge < -0.3 is 45.3 Å². The smallest absolute Gasteiger partial charge is 0.326 e. The number of carboxylic acid groups (broad SMARTS) is 1. The molecular formula is C29H44N2O11. The zero-order valence-corrected chi connectivity index (χ0v) is 24.0. The largest absolute Gasteiger partial charge is 0.480 e. The number of carbonyl (C=O) groups is 4. The summed E-state index contributed by atoms with van der Waals surface area (Å²) in [5, 5.41) is 44.0. The van der Waals surface area contributed by atoms with Gasteiger partial charge in [0.25, 0.3) is 0 Å². The maximum absolute atomic E-state index is 12.2. The van der Waals surface area contributed by atoms with Gasteiger partial charge in [-0.05, 0) is 38.2 Å².